The van der Waals surface area contributed by atoms with Crippen molar-refractivity contribution < 1.29 is 19.4 Å². The van der Waals surface area contributed by atoms with Gasteiger partial charge in [0.05, 0.1) is 13.2 Å². The summed E-state index contributed by atoms with van der Waals surface area (Å²) in [7, 11) is 0. The maximum Gasteiger partial charge on any atom is 0.303 e. The Bertz CT molecular complexity index is 428. The number of carbonyl (C=O) groups is 1. The molecule has 1 aliphatic heterocycles. The van der Waals surface area contributed by atoms with Gasteiger partial charge < -0.3 is 14.6 Å². The molecule has 1 atom stereocenters. The van der Waals surface area contributed by atoms with Crippen molar-refractivity contribution in [3.05, 3.63) is 23.8 Å². The van der Waals surface area contributed by atoms with E-state index in [0.717, 1.165) is 29.9 Å². The van der Waals surface area contributed by atoms with Gasteiger partial charge in [0.1, 0.15) is 0 Å². The van der Waals surface area contributed by atoms with Gasteiger partial charge in [-0.25, -0.2) is 0 Å². The quantitative estimate of drug-likeness (QED) is 0.892. The van der Waals surface area contributed by atoms with Crippen molar-refractivity contribution in [2.24, 2.45) is 5.92 Å². The summed E-state index contributed by atoms with van der Waals surface area (Å²) >= 11 is 0. The van der Waals surface area contributed by atoms with Crippen molar-refractivity contribution in [1.82, 2.24) is 0 Å². The highest BCUT2D eigenvalue weighted by atomic mass is 16.5. The first-order valence-corrected chi connectivity index (χ1v) is 6.25. The molecule has 0 saturated carbocycles. The Balaban J connectivity index is 2.06. The third-order valence-corrected chi connectivity index (χ3v) is 2.92. The number of hydrogen-bond acceptors (Lipinski definition) is 3. The minimum absolute atomic E-state index is 0.118. The molecule has 1 unspecified atom stereocenters. The third-order valence-electron chi connectivity index (χ3n) is 2.92. The van der Waals surface area contributed by atoms with Crippen LogP contribution >= 0.6 is 0 Å². The molecule has 4 nitrogen and oxygen atoms in total. The van der Waals surface area contributed by atoms with Crippen LogP contribution in [0.2, 0.25) is 0 Å². The second-order valence-electron chi connectivity index (χ2n) is 4.74. The first-order chi connectivity index (χ1) is 8.65. The first-order valence-electron chi connectivity index (χ1n) is 6.25. The number of carboxylic acids is 1. The van der Waals surface area contributed by atoms with Crippen molar-refractivity contribution in [3.8, 4) is 11.5 Å². The molecule has 0 bridgehead atoms. The Hall–Kier alpha value is -1.71. The topological polar surface area (TPSA) is 55.8 Å². The van der Waals surface area contributed by atoms with Gasteiger partial charge in [0, 0.05) is 12.8 Å². The summed E-state index contributed by atoms with van der Waals surface area (Å²) in [6.07, 6.45) is 1.82. The van der Waals surface area contributed by atoms with Crippen LogP contribution in [0.1, 0.15) is 25.3 Å². The molecule has 1 heterocycles. The maximum atomic E-state index is 10.6. The van der Waals surface area contributed by atoms with Gasteiger partial charge in [-0.3, -0.25) is 4.79 Å². The standard InChI is InChI=1S/C14H18O4/c1-10(8-14(15)16)7-11-3-4-12-13(9-11)18-6-2-5-17-12/h3-4,9-10H,2,5-8H2,1H3,(H,15,16). The summed E-state index contributed by atoms with van der Waals surface area (Å²) in [4.78, 5) is 10.6. The summed E-state index contributed by atoms with van der Waals surface area (Å²) in [6.45, 7) is 3.29. The zero-order chi connectivity index (χ0) is 13.0. The van der Waals surface area contributed by atoms with Crippen LogP contribution in [0.15, 0.2) is 18.2 Å². The van der Waals surface area contributed by atoms with Crippen molar-refractivity contribution >= 4 is 5.97 Å². The maximum absolute atomic E-state index is 10.6. The zero-order valence-electron chi connectivity index (χ0n) is 10.5. The summed E-state index contributed by atoms with van der Waals surface area (Å²) < 4.78 is 11.2. The molecule has 1 aromatic carbocycles. The van der Waals surface area contributed by atoms with E-state index in [-0.39, 0.29) is 12.3 Å². The minimum Gasteiger partial charge on any atom is -0.490 e. The van der Waals surface area contributed by atoms with E-state index in [0.29, 0.717) is 13.2 Å². The van der Waals surface area contributed by atoms with Crippen LogP contribution in [0.25, 0.3) is 0 Å². The molecule has 2 rings (SSSR count). The van der Waals surface area contributed by atoms with E-state index in [1.165, 1.54) is 0 Å². The van der Waals surface area contributed by atoms with E-state index >= 15 is 0 Å². The molecule has 0 aliphatic carbocycles. The zero-order valence-corrected chi connectivity index (χ0v) is 10.5. The predicted octanol–water partition coefficient (Wildman–Crippen LogP) is 2.50. The summed E-state index contributed by atoms with van der Waals surface area (Å²) in [5, 5.41) is 8.75. The highest BCUT2D eigenvalue weighted by Crippen LogP contribution is 2.31. The van der Waals surface area contributed by atoms with Gasteiger partial charge in [-0.1, -0.05) is 13.0 Å². The lowest BCUT2D eigenvalue weighted by Gasteiger charge is -2.12. The van der Waals surface area contributed by atoms with Crippen molar-refractivity contribution in [2.45, 2.75) is 26.2 Å². The first kappa shape index (κ1) is 12.7. The largest absolute Gasteiger partial charge is 0.490 e. The van der Waals surface area contributed by atoms with E-state index < -0.39 is 5.97 Å². The molecule has 0 amide bonds. The summed E-state index contributed by atoms with van der Waals surface area (Å²) in [6, 6.07) is 5.84. The van der Waals surface area contributed by atoms with Crippen LogP contribution in [0.5, 0.6) is 11.5 Å². The van der Waals surface area contributed by atoms with E-state index in [9.17, 15) is 4.79 Å². The van der Waals surface area contributed by atoms with E-state index in [4.69, 9.17) is 14.6 Å². The average molecular weight is 250 g/mol. The fourth-order valence-corrected chi connectivity index (χ4v) is 2.11. The van der Waals surface area contributed by atoms with Gasteiger partial charge in [-0.15, -0.1) is 0 Å². The van der Waals surface area contributed by atoms with Crippen LogP contribution in [0.3, 0.4) is 0 Å². The van der Waals surface area contributed by atoms with E-state index in [2.05, 4.69) is 0 Å². The van der Waals surface area contributed by atoms with Gasteiger partial charge in [-0.05, 0) is 30.0 Å². The Morgan fingerprint density at radius 3 is 2.78 bits per heavy atom. The lowest BCUT2D eigenvalue weighted by molar-refractivity contribution is -0.137. The molecule has 1 aromatic rings. The van der Waals surface area contributed by atoms with E-state index in [1.807, 2.05) is 25.1 Å². The molecular weight excluding hydrogens is 232 g/mol. The van der Waals surface area contributed by atoms with Crippen LogP contribution < -0.4 is 9.47 Å². The molecule has 0 radical (unpaired) electrons. The Labute approximate surface area is 107 Å². The van der Waals surface area contributed by atoms with Gasteiger partial charge in [0.2, 0.25) is 0 Å². The number of aliphatic carboxylic acids is 1. The number of ether oxygens (including phenoxy) is 2. The normalized spacial score (nSPS) is 15.8. The van der Waals surface area contributed by atoms with Gasteiger partial charge in [0.15, 0.2) is 11.5 Å². The fourth-order valence-electron chi connectivity index (χ4n) is 2.11. The van der Waals surface area contributed by atoms with Gasteiger partial charge in [0.25, 0.3) is 0 Å². The molecule has 0 spiro atoms. The Morgan fingerprint density at radius 2 is 2.06 bits per heavy atom. The van der Waals surface area contributed by atoms with E-state index in [1.54, 1.807) is 0 Å². The summed E-state index contributed by atoms with van der Waals surface area (Å²) in [5.41, 5.74) is 1.09. The van der Waals surface area contributed by atoms with Crippen LogP contribution in [0.4, 0.5) is 0 Å². The molecule has 0 aromatic heterocycles. The predicted molar refractivity (Wildman–Crippen MR) is 67.2 cm³/mol. The van der Waals surface area contributed by atoms with Crippen LogP contribution in [-0.2, 0) is 11.2 Å². The monoisotopic (exact) mass is 250 g/mol. The molecule has 0 saturated heterocycles. The van der Waals surface area contributed by atoms with Gasteiger partial charge in [-0.2, -0.15) is 0 Å². The molecule has 4 heteroatoms. The molecule has 1 aliphatic rings. The third kappa shape index (κ3) is 3.39. The molecular formula is C14H18O4. The molecule has 18 heavy (non-hydrogen) atoms. The second kappa shape index (κ2) is 5.76. The molecule has 1 N–H and O–H groups in total. The number of fused-ring (bicyclic) bond motifs is 1. The Morgan fingerprint density at radius 1 is 1.33 bits per heavy atom. The van der Waals surface area contributed by atoms with Crippen molar-refractivity contribution in [2.75, 3.05) is 13.2 Å². The fraction of sp³-hybridized carbons (Fsp3) is 0.500. The number of hydrogen-bond donors (Lipinski definition) is 1. The van der Waals surface area contributed by atoms with Crippen molar-refractivity contribution in [3.63, 3.8) is 0 Å². The average Bonchev–Trinajstić information content (AvgIpc) is 2.52. The smallest absolute Gasteiger partial charge is 0.303 e. The summed E-state index contributed by atoms with van der Waals surface area (Å²) in [5.74, 6) is 0.916. The lowest BCUT2D eigenvalue weighted by atomic mass is 9.98. The number of rotatable bonds is 4. The van der Waals surface area contributed by atoms with Crippen molar-refractivity contribution in [1.29, 1.82) is 0 Å². The Kier molecular flexibility index (Phi) is 4.07. The highest BCUT2D eigenvalue weighted by Gasteiger charge is 2.13. The second-order valence-corrected chi connectivity index (χ2v) is 4.74. The SMILES string of the molecule is CC(CC(=O)O)Cc1ccc2c(c1)OCCCO2. The number of benzene rings is 1. The number of carboxylic acid groups (broad SMARTS) is 1. The molecule has 98 valence electrons. The molecule has 0 fully saturated rings. The van der Waals surface area contributed by atoms with Gasteiger partial charge >= 0.3 is 5.97 Å². The van der Waals surface area contributed by atoms with Crippen LogP contribution in [-0.4, -0.2) is 24.3 Å². The highest BCUT2D eigenvalue weighted by molar-refractivity contribution is 5.67. The minimum atomic E-state index is -0.753. The lowest BCUT2D eigenvalue weighted by Crippen LogP contribution is -2.07. The van der Waals surface area contributed by atoms with Crippen LogP contribution in [0, 0.1) is 5.92 Å².